The molecule has 2 atom stereocenters. The number of nitrogens with zero attached hydrogens (tertiary/aromatic N) is 3. The van der Waals surface area contributed by atoms with E-state index in [1.54, 1.807) is 25.3 Å². The smallest absolute Gasteiger partial charge is 0.330 e. The minimum Gasteiger partial charge on any atom is -0.481 e. The number of carbonyl (C=O) groups is 2. The normalized spacial score (nSPS) is 17.1. The lowest BCUT2D eigenvalue weighted by molar-refractivity contribution is -0.119. The van der Waals surface area contributed by atoms with E-state index in [1.807, 2.05) is 24.3 Å². The molecule has 3 heterocycles. The van der Waals surface area contributed by atoms with Crippen molar-refractivity contribution in [2.75, 3.05) is 25.5 Å². The first-order valence-corrected chi connectivity index (χ1v) is 15.6. The highest BCUT2D eigenvalue weighted by Crippen LogP contribution is 2.44. The molecule has 11 nitrogen and oxygen atoms in total. The van der Waals surface area contributed by atoms with Crippen molar-refractivity contribution in [1.29, 1.82) is 0 Å². The molecule has 6 rings (SSSR count). The number of fused-ring (bicyclic) bond motifs is 1. The minimum absolute atomic E-state index is 0.0710. The van der Waals surface area contributed by atoms with Crippen LogP contribution < -0.4 is 31.9 Å². The molecule has 1 aliphatic carbocycles. The Kier molecular flexibility index (Phi) is 8.73. The van der Waals surface area contributed by atoms with E-state index in [1.165, 1.54) is 20.3 Å². The van der Waals surface area contributed by atoms with E-state index in [0.29, 0.717) is 46.3 Å². The van der Waals surface area contributed by atoms with Gasteiger partial charge in [0.2, 0.25) is 11.8 Å². The highest BCUT2D eigenvalue weighted by molar-refractivity contribution is 6.39. The van der Waals surface area contributed by atoms with Crippen LogP contribution in [0, 0.1) is 5.92 Å². The average molecular weight is 664 g/mol. The summed E-state index contributed by atoms with van der Waals surface area (Å²) in [4.78, 5) is 54.2. The summed E-state index contributed by atoms with van der Waals surface area (Å²) < 4.78 is 7.80. The Morgan fingerprint density at radius 1 is 1.07 bits per heavy atom. The third kappa shape index (κ3) is 5.81. The van der Waals surface area contributed by atoms with Gasteiger partial charge < -0.3 is 25.3 Å². The molecule has 0 unspecified atom stereocenters. The van der Waals surface area contributed by atoms with Crippen LogP contribution >= 0.6 is 23.2 Å². The molecule has 1 saturated heterocycles. The van der Waals surface area contributed by atoms with Crippen LogP contribution in [-0.4, -0.2) is 46.1 Å². The van der Waals surface area contributed by atoms with E-state index < -0.39 is 17.2 Å². The molecule has 2 amide bonds. The first kappa shape index (κ1) is 31.5. The summed E-state index contributed by atoms with van der Waals surface area (Å²) >= 11 is 13.9. The number of aryl methyl sites for hydroxylation is 2. The van der Waals surface area contributed by atoms with E-state index >= 15 is 0 Å². The van der Waals surface area contributed by atoms with Gasteiger partial charge in [0, 0.05) is 68.1 Å². The molecule has 0 saturated carbocycles. The number of rotatable bonds is 8. The summed E-state index contributed by atoms with van der Waals surface area (Å²) in [5, 5.41) is 9.83. The zero-order valence-corrected chi connectivity index (χ0v) is 27.0. The van der Waals surface area contributed by atoms with E-state index in [-0.39, 0.29) is 34.1 Å². The number of carbonyl (C=O) groups excluding carboxylic acids is 2. The lowest BCUT2D eigenvalue weighted by Gasteiger charge is -2.19. The Balaban J connectivity index is 1.29. The van der Waals surface area contributed by atoms with Crippen molar-refractivity contribution < 1.29 is 14.3 Å². The maximum absolute atomic E-state index is 13.1. The van der Waals surface area contributed by atoms with Crippen LogP contribution in [0.2, 0.25) is 10.0 Å². The van der Waals surface area contributed by atoms with Crippen LogP contribution in [0.5, 0.6) is 5.88 Å². The Morgan fingerprint density at radius 2 is 1.78 bits per heavy atom. The molecule has 2 aromatic heterocycles. The van der Waals surface area contributed by atoms with Crippen molar-refractivity contribution in [2.45, 2.75) is 25.3 Å². The number of benzene rings is 2. The van der Waals surface area contributed by atoms with Crippen molar-refractivity contribution in [3.63, 3.8) is 0 Å². The highest BCUT2D eigenvalue weighted by Gasteiger charge is 2.30. The molecule has 0 bridgehead atoms. The first-order chi connectivity index (χ1) is 22.1. The van der Waals surface area contributed by atoms with Crippen molar-refractivity contribution in [1.82, 2.24) is 24.8 Å². The largest absolute Gasteiger partial charge is 0.481 e. The maximum Gasteiger partial charge on any atom is 0.330 e. The summed E-state index contributed by atoms with van der Waals surface area (Å²) in [5.41, 5.74) is 3.48. The van der Waals surface area contributed by atoms with E-state index in [2.05, 4.69) is 16.0 Å². The van der Waals surface area contributed by atoms with Gasteiger partial charge in [0.1, 0.15) is 5.56 Å². The summed E-state index contributed by atoms with van der Waals surface area (Å²) in [6.07, 6.45) is 3.45. The van der Waals surface area contributed by atoms with Crippen LogP contribution in [-0.2, 0) is 25.3 Å². The van der Waals surface area contributed by atoms with Crippen LogP contribution in [0.25, 0.3) is 22.4 Å². The van der Waals surface area contributed by atoms with E-state index in [9.17, 15) is 19.2 Å². The Bertz CT molecular complexity index is 2010. The monoisotopic (exact) mass is 662 g/mol. The topological polar surface area (TPSA) is 136 Å². The van der Waals surface area contributed by atoms with Crippen molar-refractivity contribution in [3.8, 4) is 28.3 Å². The highest BCUT2D eigenvalue weighted by atomic mass is 35.5. The fraction of sp³-hybridized carbons (Fsp3) is 0.303. The van der Waals surface area contributed by atoms with Crippen LogP contribution in [0.15, 0.2) is 58.3 Å². The number of nitrogens with one attached hydrogen (secondary N) is 3. The molecule has 13 heteroatoms. The number of anilines is 1. The molecule has 0 spiro atoms. The molecule has 2 aromatic carbocycles. The van der Waals surface area contributed by atoms with Gasteiger partial charge in [-0.15, -0.1) is 0 Å². The number of methoxy groups -OCH3 is 1. The summed E-state index contributed by atoms with van der Waals surface area (Å²) in [6, 6.07) is 12.8. The third-order valence-corrected chi connectivity index (χ3v) is 9.39. The third-order valence-electron chi connectivity index (χ3n) is 8.57. The Hall–Kier alpha value is -4.45. The zero-order valence-electron chi connectivity index (χ0n) is 25.4. The molecular weight excluding hydrogens is 631 g/mol. The van der Waals surface area contributed by atoms with Gasteiger partial charge in [-0.2, -0.15) is 0 Å². The standard InChI is InChI=1S/C33H32Cl2N6O5/c1-40-16-22(32(44)41(2)33(40)45)30(43)38-24-9-5-7-20(29(24)35)19-6-4-8-21(28(19)34)25-13-18-10-11-23(27(18)31(39-25)46-3)36-14-17-12-26(42)37-15-17/h4-9,13,16-17,23,36H,10-12,14-15H2,1-3H3,(H,37,42)(H,38,43)/t17-,23-/m1/s1. The molecule has 1 fully saturated rings. The number of amides is 2. The van der Waals surface area contributed by atoms with Gasteiger partial charge in [-0.05, 0) is 36.5 Å². The van der Waals surface area contributed by atoms with Crippen LogP contribution in [0.3, 0.4) is 0 Å². The summed E-state index contributed by atoms with van der Waals surface area (Å²) in [6.45, 7) is 1.41. The molecule has 238 valence electrons. The second kappa shape index (κ2) is 12.7. The SMILES string of the molecule is COc1nc(-c2cccc(-c3cccc(NC(=O)c4cn(C)c(=O)n(C)c4=O)c3Cl)c2Cl)cc2c1[C@H](NC[C@@H]1CNC(=O)C1)CC2. The number of hydrogen-bond acceptors (Lipinski definition) is 7. The van der Waals surface area contributed by atoms with Crippen LogP contribution in [0.1, 0.15) is 40.4 Å². The quantitative estimate of drug-likeness (QED) is 0.259. The number of hydrogen-bond donors (Lipinski definition) is 3. The van der Waals surface area contributed by atoms with Gasteiger partial charge in [-0.25, -0.2) is 9.78 Å². The summed E-state index contributed by atoms with van der Waals surface area (Å²) in [7, 11) is 4.37. The van der Waals surface area contributed by atoms with Crippen LogP contribution in [0.4, 0.5) is 5.69 Å². The van der Waals surface area contributed by atoms with Gasteiger partial charge in [0.25, 0.3) is 11.5 Å². The molecule has 3 N–H and O–H groups in total. The van der Waals surface area contributed by atoms with Crippen molar-refractivity contribution in [3.05, 3.63) is 96.2 Å². The Morgan fingerprint density at radius 3 is 2.50 bits per heavy atom. The van der Waals surface area contributed by atoms with Gasteiger partial charge in [-0.3, -0.25) is 19.0 Å². The second-order valence-electron chi connectivity index (χ2n) is 11.6. The molecule has 1 aliphatic heterocycles. The second-order valence-corrected chi connectivity index (χ2v) is 12.3. The lowest BCUT2D eigenvalue weighted by Crippen LogP contribution is -2.40. The van der Waals surface area contributed by atoms with Gasteiger partial charge >= 0.3 is 5.69 Å². The summed E-state index contributed by atoms with van der Waals surface area (Å²) in [5.74, 6) is 0.172. The predicted octanol–water partition coefficient (Wildman–Crippen LogP) is 4.09. The first-order valence-electron chi connectivity index (χ1n) is 14.8. The predicted molar refractivity (Wildman–Crippen MR) is 177 cm³/mol. The fourth-order valence-corrected chi connectivity index (χ4v) is 6.75. The van der Waals surface area contributed by atoms with Gasteiger partial charge in [0.15, 0.2) is 0 Å². The lowest BCUT2D eigenvalue weighted by atomic mass is 9.99. The minimum atomic E-state index is -0.717. The van der Waals surface area contributed by atoms with Crippen molar-refractivity contribution in [2.24, 2.45) is 20.0 Å². The van der Waals surface area contributed by atoms with E-state index in [4.69, 9.17) is 32.9 Å². The number of halogens is 2. The molecule has 0 radical (unpaired) electrons. The van der Waals surface area contributed by atoms with Crippen molar-refractivity contribution >= 4 is 40.7 Å². The number of aromatic nitrogens is 3. The molecule has 46 heavy (non-hydrogen) atoms. The van der Waals surface area contributed by atoms with E-state index in [0.717, 1.165) is 39.6 Å². The van der Waals surface area contributed by atoms with Gasteiger partial charge in [0.05, 0.1) is 28.5 Å². The Labute approximate surface area is 274 Å². The molecule has 2 aliphatic rings. The molecular formula is C33H32Cl2N6O5. The number of pyridine rings is 1. The maximum atomic E-state index is 13.1. The molecule has 4 aromatic rings. The zero-order chi connectivity index (χ0) is 32.7. The number of ether oxygens (including phenoxy) is 1. The average Bonchev–Trinajstić information content (AvgIpc) is 3.66. The van der Waals surface area contributed by atoms with Gasteiger partial charge in [-0.1, -0.05) is 53.5 Å². The fourth-order valence-electron chi connectivity index (χ4n) is 6.15.